The number of rotatable bonds is 3. The summed E-state index contributed by atoms with van der Waals surface area (Å²) in [6, 6.07) is 5.48. The van der Waals surface area contributed by atoms with Crippen LogP contribution in [-0.2, 0) is 4.79 Å². The van der Waals surface area contributed by atoms with Crippen molar-refractivity contribution in [2.45, 2.75) is 13.3 Å². The number of hydrogen-bond acceptors (Lipinski definition) is 3. The third kappa shape index (κ3) is 2.66. The maximum atomic E-state index is 12.6. The molecule has 3 rings (SSSR count). The van der Waals surface area contributed by atoms with Gasteiger partial charge in [0.1, 0.15) is 0 Å². The fraction of sp³-hybridized carbons (Fsp3) is 0.333. The van der Waals surface area contributed by atoms with Gasteiger partial charge in [0.25, 0.3) is 0 Å². The molecule has 0 saturated carbocycles. The van der Waals surface area contributed by atoms with Gasteiger partial charge in [0.05, 0.1) is 28.1 Å². The van der Waals surface area contributed by atoms with Crippen LogP contribution in [0.3, 0.4) is 0 Å². The van der Waals surface area contributed by atoms with Gasteiger partial charge in [-0.1, -0.05) is 17.7 Å². The van der Waals surface area contributed by atoms with Gasteiger partial charge in [0.2, 0.25) is 5.91 Å². The highest BCUT2D eigenvalue weighted by Gasteiger charge is 2.36. The Kier molecular flexibility index (Phi) is 3.69. The summed E-state index contributed by atoms with van der Waals surface area (Å²) in [5, 5.41) is 6.81. The molecule has 0 aliphatic carbocycles. The number of carbonyl (C=O) groups excluding carboxylic acids is 1. The Balaban J connectivity index is 1.93. The van der Waals surface area contributed by atoms with E-state index in [2.05, 4.69) is 15.6 Å². The second kappa shape index (κ2) is 5.50. The maximum Gasteiger partial charge on any atom is 0.231 e. The first-order valence-corrected chi connectivity index (χ1v) is 7.27. The predicted molar refractivity (Wildman–Crippen MR) is 82.8 cm³/mol. The summed E-state index contributed by atoms with van der Waals surface area (Å²) < 4.78 is 1.80. The van der Waals surface area contributed by atoms with E-state index < -0.39 is 0 Å². The molecule has 1 aromatic carbocycles. The second-order valence-electron chi connectivity index (χ2n) is 5.55. The fourth-order valence-electron chi connectivity index (χ4n) is 2.55. The smallest absolute Gasteiger partial charge is 0.231 e. The molecule has 1 fully saturated rings. The summed E-state index contributed by atoms with van der Waals surface area (Å²) in [5.41, 5.74) is 1.05. The number of para-hydroxylation sites is 1. The summed E-state index contributed by atoms with van der Waals surface area (Å²) in [6.07, 6.45) is 5.97. The van der Waals surface area contributed by atoms with E-state index in [0.717, 1.165) is 18.7 Å². The molecule has 21 heavy (non-hydrogen) atoms. The van der Waals surface area contributed by atoms with E-state index in [-0.39, 0.29) is 11.3 Å². The van der Waals surface area contributed by atoms with Gasteiger partial charge in [-0.3, -0.25) is 4.79 Å². The lowest BCUT2D eigenvalue weighted by Crippen LogP contribution is -2.35. The number of amides is 1. The quantitative estimate of drug-likeness (QED) is 0.916. The Morgan fingerprint density at radius 3 is 3.05 bits per heavy atom. The summed E-state index contributed by atoms with van der Waals surface area (Å²) in [5.74, 6) is 0.0103. The molecule has 6 heteroatoms. The van der Waals surface area contributed by atoms with Crippen LogP contribution in [0.15, 0.2) is 36.9 Å². The summed E-state index contributed by atoms with van der Waals surface area (Å²) in [6.45, 7) is 3.54. The van der Waals surface area contributed by atoms with Gasteiger partial charge in [0, 0.05) is 18.9 Å². The van der Waals surface area contributed by atoms with Crippen LogP contribution in [0.2, 0.25) is 5.02 Å². The molecule has 1 saturated heterocycles. The number of nitrogens with zero attached hydrogens (tertiary/aromatic N) is 2. The van der Waals surface area contributed by atoms with Crippen LogP contribution >= 0.6 is 11.6 Å². The van der Waals surface area contributed by atoms with Crippen molar-refractivity contribution < 1.29 is 4.79 Å². The molecule has 0 radical (unpaired) electrons. The number of aromatic nitrogens is 2. The monoisotopic (exact) mass is 304 g/mol. The van der Waals surface area contributed by atoms with E-state index in [0.29, 0.717) is 17.3 Å². The zero-order valence-electron chi connectivity index (χ0n) is 11.8. The lowest BCUT2D eigenvalue weighted by atomic mass is 9.88. The van der Waals surface area contributed by atoms with Crippen LogP contribution in [0, 0.1) is 5.41 Å². The van der Waals surface area contributed by atoms with Gasteiger partial charge in [-0.15, -0.1) is 0 Å². The van der Waals surface area contributed by atoms with Crippen LogP contribution in [0.4, 0.5) is 5.69 Å². The van der Waals surface area contributed by atoms with Gasteiger partial charge in [-0.2, -0.15) is 0 Å². The van der Waals surface area contributed by atoms with E-state index >= 15 is 0 Å². The lowest BCUT2D eigenvalue weighted by Gasteiger charge is -2.23. The number of halogens is 1. The minimum atomic E-state index is -0.380. The van der Waals surface area contributed by atoms with Crippen molar-refractivity contribution >= 4 is 23.2 Å². The van der Waals surface area contributed by atoms with Crippen molar-refractivity contribution in [1.29, 1.82) is 0 Å². The number of carbonyl (C=O) groups is 1. The average Bonchev–Trinajstić information content (AvgIpc) is 3.11. The SMILES string of the molecule is CC1(C(=O)Nc2cccc(Cl)c2-n2ccnc2)CCNC1. The molecule has 0 bridgehead atoms. The molecule has 1 unspecified atom stereocenters. The normalized spacial score (nSPS) is 21.4. The zero-order valence-corrected chi connectivity index (χ0v) is 12.5. The highest BCUT2D eigenvalue weighted by atomic mass is 35.5. The molecule has 110 valence electrons. The molecule has 1 aliphatic rings. The largest absolute Gasteiger partial charge is 0.324 e. The highest BCUT2D eigenvalue weighted by Crippen LogP contribution is 2.31. The molecule has 2 heterocycles. The standard InChI is InChI=1S/C15H17ClN4O/c1-15(5-6-17-9-15)14(21)19-12-4-2-3-11(16)13(12)20-8-7-18-10-20/h2-4,7-8,10,17H,5-6,9H2,1H3,(H,19,21). The van der Waals surface area contributed by atoms with Crippen molar-refractivity contribution in [3.63, 3.8) is 0 Å². The first-order valence-electron chi connectivity index (χ1n) is 6.89. The van der Waals surface area contributed by atoms with E-state index in [9.17, 15) is 4.79 Å². The molecule has 1 aliphatic heterocycles. The summed E-state index contributed by atoms with van der Waals surface area (Å²) >= 11 is 6.29. The predicted octanol–water partition coefficient (Wildman–Crippen LogP) is 2.46. The van der Waals surface area contributed by atoms with Crippen molar-refractivity contribution in [2.75, 3.05) is 18.4 Å². The number of anilines is 1. The Bertz CT molecular complexity index is 648. The Labute approximate surface area is 128 Å². The van der Waals surface area contributed by atoms with Gasteiger partial charge >= 0.3 is 0 Å². The topological polar surface area (TPSA) is 59.0 Å². The second-order valence-corrected chi connectivity index (χ2v) is 5.95. The number of imidazole rings is 1. The third-order valence-electron chi connectivity index (χ3n) is 3.91. The van der Waals surface area contributed by atoms with Gasteiger partial charge < -0.3 is 15.2 Å². The Morgan fingerprint density at radius 1 is 1.52 bits per heavy atom. The minimum Gasteiger partial charge on any atom is -0.324 e. The maximum absolute atomic E-state index is 12.6. The first-order chi connectivity index (χ1) is 10.1. The molecule has 1 aromatic heterocycles. The molecular weight excluding hydrogens is 288 g/mol. The van der Waals surface area contributed by atoms with Crippen LogP contribution < -0.4 is 10.6 Å². The number of nitrogens with one attached hydrogen (secondary N) is 2. The zero-order chi connectivity index (χ0) is 14.9. The van der Waals surface area contributed by atoms with Crippen molar-refractivity contribution in [2.24, 2.45) is 5.41 Å². The van der Waals surface area contributed by atoms with E-state index in [4.69, 9.17) is 11.6 Å². The molecule has 1 amide bonds. The molecular formula is C15H17ClN4O. The van der Waals surface area contributed by atoms with Gasteiger partial charge in [-0.25, -0.2) is 4.98 Å². The van der Waals surface area contributed by atoms with Crippen LogP contribution in [0.5, 0.6) is 0 Å². The van der Waals surface area contributed by atoms with Crippen molar-refractivity contribution in [3.05, 3.63) is 41.9 Å². The van der Waals surface area contributed by atoms with Gasteiger partial charge in [0.15, 0.2) is 0 Å². The highest BCUT2D eigenvalue weighted by molar-refractivity contribution is 6.33. The van der Waals surface area contributed by atoms with E-state index in [1.165, 1.54) is 0 Å². The molecule has 2 N–H and O–H groups in total. The van der Waals surface area contributed by atoms with E-state index in [1.807, 2.05) is 19.1 Å². The molecule has 0 spiro atoms. The Hall–Kier alpha value is -1.85. The summed E-state index contributed by atoms with van der Waals surface area (Å²) in [7, 11) is 0. The van der Waals surface area contributed by atoms with Crippen molar-refractivity contribution in [3.8, 4) is 5.69 Å². The first kappa shape index (κ1) is 14.1. The van der Waals surface area contributed by atoms with Crippen LogP contribution in [-0.4, -0.2) is 28.5 Å². The third-order valence-corrected chi connectivity index (χ3v) is 4.22. The Morgan fingerprint density at radius 2 is 2.38 bits per heavy atom. The summed E-state index contributed by atoms with van der Waals surface area (Å²) in [4.78, 5) is 16.6. The number of hydrogen-bond donors (Lipinski definition) is 2. The molecule has 5 nitrogen and oxygen atoms in total. The molecule has 1 atom stereocenters. The molecule has 2 aromatic rings. The van der Waals surface area contributed by atoms with Crippen LogP contribution in [0.25, 0.3) is 5.69 Å². The lowest BCUT2D eigenvalue weighted by molar-refractivity contribution is -0.123. The fourth-order valence-corrected chi connectivity index (χ4v) is 2.83. The minimum absolute atomic E-state index is 0.0103. The average molecular weight is 305 g/mol. The van der Waals surface area contributed by atoms with E-state index in [1.54, 1.807) is 29.4 Å². The number of benzene rings is 1. The van der Waals surface area contributed by atoms with Gasteiger partial charge in [-0.05, 0) is 32.0 Å². The van der Waals surface area contributed by atoms with Crippen LogP contribution in [0.1, 0.15) is 13.3 Å². The van der Waals surface area contributed by atoms with Crippen molar-refractivity contribution in [1.82, 2.24) is 14.9 Å².